The standard InChI is InChI=1S/C20H38N2O2.ClH/c1-15(2)18-6-5-16(3)13-19(18)24-14-20(23)22-11-8-17(9-12-22)7-10-21-4;/h15-19,21H,5-14H2,1-4H3;1H. The van der Waals surface area contributed by atoms with E-state index in [1.807, 2.05) is 11.9 Å². The second kappa shape index (κ2) is 11.4. The summed E-state index contributed by atoms with van der Waals surface area (Å²) < 4.78 is 6.13. The van der Waals surface area contributed by atoms with E-state index in [-0.39, 0.29) is 31.0 Å². The third-order valence-electron chi connectivity index (χ3n) is 6.15. The topological polar surface area (TPSA) is 41.6 Å². The van der Waals surface area contributed by atoms with Crippen LogP contribution in [0.25, 0.3) is 0 Å². The molecule has 5 heteroatoms. The van der Waals surface area contributed by atoms with Crippen molar-refractivity contribution in [2.24, 2.45) is 23.7 Å². The van der Waals surface area contributed by atoms with Crippen LogP contribution in [0.2, 0.25) is 0 Å². The number of carbonyl (C=O) groups is 1. The van der Waals surface area contributed by atoms with Crippen LogP contribution < -0.4 is 5.32 Å². The van der Waals surface area contributed by atoms with Gasteiger partial charge in [-0.05, 0) is 69.4 Å². The summed E-state index contributed by atoms with van der Waals surface area (Å²) in [5.41, 5.74) is 0. The van der Waals surface area contributed by atoms with Gasteiger partial charge in [0.2, 0.25) is 5.91 Å². The zero-order valence-electron chi connectivity index (χ0n) is 16.6. The molecule has 25 heavy (non-hydrogen) atoms. The number of piperidine rings is 1. The monoisotopic (exact) mass is 374 g/mol. The molecule has 1 aliphatic heterocycles. The molecule has 148 valence electrons. The Bertz CT molecular complexity index is 384. The lowest BCUT2D eigenvalue weighted by Crippen LogP contribution is -2.42. The van der Waals surface area contributed by atoms with Crippen molar-refractivity contribution in [1.29, 1.82) is 0 Å². The molecule has 1 aliphatic carbocycles. The molecule has 2 fully saturated rings. The Kier molecular flexibility index (Phi) is 10.4. The molecule has 4 nitrogen and oxygen atoms in total. The lowest BCUT2D eigenvalue weighted by molar-refractivity contribution is -0.143. The van der Waals surface area contributed by atoms with Gasteiger partial charge >= 0.3 is 0 Å². The van der Waals surface area contributed by atoms with Crippen LogP contribution in [-0.2, 0) is 9.53 Å². The Morgan fingerprint density at radius 3 is 2.48 bits per heavy atom. The molecular weight excluding hydrogens is 336 g/mol. The third-order valence-corrected chi connectivity index (χ3v) is 6.15. The lowest BCUT2D eigenvalue weighted by Gasteiger charge is -2.38. The van der Waals surface area contributed by atoms with Gasteiger partial charge in [0.1, 0.15) is 6.61 Å². The first-order chi connectivity index (χ1) is 11.5. The minimum Gasteiger partial charge on any atom is -0.368 e. The van der Waals surface area contributed by atoms with E-state index in [0.717, 1.165) is 50.7 Å². The van der Waals surface area contributed by atoms with Gasteiger partial charge in [-0.1, -0.05) is 27.2 Å². The summed E-state index contributed by atoms with van der Waals surface area (Å²) >= 11 is 0. The predicted molar refractivity (Wildman–Crippen MR) is 106 cm³/mol. The van der Waals surface area contributed by atoms with E-state index < -0.39 is 0 Å². The predicted octanol–water partition coefficient (Wildman–Crippen LogP) is 3.73. The van der Waals surface area contributed by atoms with Crippen molar-refractivity contribution in [3.05, 3.63) is 0 Å². The molecule has 3 atom stereocenters. The molecule has 1 N–H and O–H groups in total. The van der Waals surface area contributed by atoms with Crippen molar-refractivity contribution in [3.8, 4) is 0 Å². The van der Waals surface area contributed by atoms with Crippen molar-refractivity contribution in [3.63, 3.8) is 0 Å². The Hall–Kier alpha value is -0.320. The average Bonchev–Trinajstić information content (AvgIpc) is 2.58. The van der Waals surface area contributed by atoms with Crippen LogP contribution in [0.3, 0.4) is 0 Å². The van der Waals surface area contributed by atoms with Gasteiger partial charge in [-0.15, -0.1) is 12.4 Å². The van der Waals surface area contributed by atoms with Crippen LogP contribution in [0, 0.1) is 23.7 Å². The Labute approximate surface area is 160 Å². The molecule has 0 spiro atoms. The molecule has 0 aromatic carbocycles. The Balaban J connectivity index is 0.00000312. The normalized spacial score (nSPS) is 28.0. The lowest BCUT2D eigenvalue weighted by atomic mass is 9.75. The first-order valence-corrected chi connectivity index (χ1v) is 10.0. The quantitative estimate of drug-likeness (QED) is 0.738. The van der Waals surface area contributed by atoms with Gasteiger partial charge in [0.15, 0.2) is 0 Å². The fraction of sp³-hybridized carbons (Fsp3) is 0.950. The summed E-state index contributed by atoms with van der Waals surface area (Å²) in [6.45, 7) is 10.1. The summed E-state index contributed by atoms with van der Waals surface area (Å²) in [5.74, 6) is 2.94. The van der Waals surface area contributed by atoms with E-state index in [1.165, 1.54) is 19.3 Å². The van der Waals surface area contributed by atoms with Gasteiger partial charge in [0, 0.05) is 13.1 Å². The molecule has 1 saturated heterocycles. The second-order valence-corrected chi connectivity index (χ2v) is 8.39. The Morgan fingerprint density at radius 2 is 1.88 bits per heavy atom. The van der Waals surface area contributed by atoms with Crippen LogP contribution >= 0.6 is 12.4 Å². The minimum atomic E-state index is 0. The first-order valence-electron chi connectivity index (χ1n) is 10.0. The van der Waals surface area contributed by atoms with Gasteiger partial charge in [0.25, 0.3) is 0 Å². The van der Waals surface area contributed by atoms with E-state index in [9.17, 15) is 4.79 Å². The smallest absolute Gasteiger partial charge is 0.248 e. The van der Waals surface area contributed by atoms with Crippen molar-refractivity contribution in [2.75, 3.05) is 33.3 Å². The minimum absolute atomic E-state index is 0. The van der Waals surface area contributed by atoms with Crippen molar-refractivity contribution >= 4 is 18.3 Å². The molecule has 2 rings (SSSR count). The highest BCUT2D eigenvalue weighted by Crippen LogP contribution is 2.35. The average molecular weight is 375 g/mol. The SMILES string of the molecule is CNCCC1CCN(C(=O)COC2CC(C)CCC2C(C)C)CC1.Cl. The molecule has 1 heterocycles. The number of amides is 1. The Morgan fingerprint density at radius 1 is 1.20 bits per heavy atom. The van der Waals surface area contributed by atoms with Gasteiger partial charge in [0.05, 0.1) is 6.10 Å². The van der Waals surface area contributed by atoms with E-state index >= 15 is 0 Å². The number of likely N-dealkylation sites (tertiary alicyclic amines) is 1. The number of hydrogen-bond donors (Lipinski definition) is 1. The van der Waals surface area contributed by atoms with Crippen LogP contribution in [0.1, 0.15) is 59.3 Å². The van der Waals surface area contributed by atoms with E-state index in [2.05, 4.69) is 26.1 Å². The summed E-state index contributed by atoms with van der Waals surface area (Å²) in [5, 5.41) is 3.22. The van der Waals surface area contributed by atoms with Crippen molar-refractivity contribution in [1.82, 2.24) is 10.2 Å². The van der Waals surface area contributed by atoms with Gasteiger partial charge < -0.3 is 15.0 Å². The van der Waals surface area contributed by atoms with Gasteiger partial charge in [-0.2, -0.15) is 0 Å². The van der Waals surface area contributed by atoms with E-state index in [4.69, 9.17) is 4.74 Å². The number of hydrogen-bond acceptors (Lipinski definition) is 3. The van der Waals surface area contributed by atoms with Gasteiger partial charge in [-0.3, -0.25) is 4.79 Å². The summed E-state index contributed by atoms with van der Waals surface area (Å²) in [6, 6.07) is 0. The molecule has 0 radical (unpaired) electrons. The fourth-order valence-corrected chi connectivity index (χ4v) is 4.40. The summed E-state index contributed by atoms with van der Waals surface area (Å²) in [4.78, 5) is 14.5. The van der Waals surface area contributed by atoms with Crippen LogP contribution in [0.5, 0.6) is 0 Å². The molecule has 0 aromatic heterocycles. The molecule has 1 saturated carbocycles. The van der Waals surface area contributed by atoms with Crippen LogP contribution in [0.4, 0.5) is 0 Å². The maximum absolute atomic E-state index is 12.5. The highest BCUT2D eigenvalue weighted by atomic mass is 35.5. The van der Waals surface area contributed by atoms with E-state index in [1.54, 1.807) is 0 Å². The zero-order chi connectivity index (χ0) is 17.5. The molecule has 1 amide bonds. The van der Waals surface area contributed by atoms with Crippen LogP contribution in [-0.4, -0.2) is 50.2 Å². The number of rotatable bonds is 7. The summed E-state index contributed by atoms with van der Waals surface area (Å²) in [6.07, 6.45) is 7.44. The molecule has 3 unspecified atom stereocenters. The maximum atomic E-state index is 12.5. The van der Waals surface area contributed by atoms with Crippen LogP contribution in [0.15, 0.2) is 0 Å². The summed E-state index contributed by atoms with van der Waals surface area (Å²) in [7, 11) is 2.01. The highest BCUT2D eigenvalue weighted by molar-refractivity contribution is 5.85. The number of carbonyl (C=O) groups excluding carboxylic acids is 1. The molecule has 0 bridgehead atoms. The van der Waals surface area contributed by atoms with Crippen molar-refractivity contribution in [2.45, 2.75) is 65.4 Å². The second-order valence-electron chi connectivity index (χ2n) is 8.39. The zero-order valence-corrected chi connectivity index (χ0v) is 17.4. The molecule has 2 aliphatic rings. The van der Waals surface area contributed by atoms with Gasteiger partial charge in [-0.25, -0.2) is 0 Å². The first kappa shape index (κ1) is 22.7. The number of halogens is 1. The number of nitrogens with one attached hydrogen (secondary N) is 1. The maximum Gasteiger partial charge on any atom is 0.248 e. The number of nitrogens with zero attached hydrogens (tertiary/aromatic N) is 1. The fourth-order valence-electron chi connectivity index (χ4n) is 4.40. The van der Waals surface area contributed by atoms with Crippen molar-refractivity contribution < 1.29 is 9.53 Å². The highest BCUT2D eigenvalue weighted by Gasteiger charge is 2.32. The van der Waals surface area contributed by atoms with E-state index in [0.29, 0.717) is 11.8 Å². The molecule has 0 aromatic rings. The third kappa shape index (κ3) is 7.07. The number of ether oxygens (including phenoxy) is 1. The molecular formula is C20H39ClN2O2. The largest absolute Gasteiger partial charge is 0.368 e.